The predicted octanol–water partition coefficient (Wildman–Crippen LogP) is 5.16. The normalized spacial score (nSPS) is 15.7. The maximum Gasteiger partial charge on any atom is 0.294 e. The van der Waals surface area contributed by atoms with Gasteiger partial charge >= 0.3 is 0 Å². The number of amides is 2. The molecule has 2 aromatic carbocycles. The first-order valence-electron chi connectivity index (χ1n) is 11.4. The van der Waals surface area contributed by atoms with Gasteiger partial charge in [-0.3, -0.25) is 19.3 Å². The summed E-state index contributed by atoms with van der Waals surface area (Å²) in [7, 11) is 3.28. The number of furan rings is 1. The van der Waals surface area contributed by atoms with Crippen molar-refractivity contribution in [3.8, 4) is 11.1 Å². The number of aliphatic hydroxyl groups is 1. The lowest BCUT2D eigenvalue weighted by molar-refractivity contribution is -0.118. The van der Waals surface area contributed by atoms with Gasteiger partial charge in [-0.1, -0.05) is 44.2 Å². The van der Waals surface area contributed by atoms with E-state index in [-0.39, 0.29) is 29.6 Å². The van der Waals surface area contributed by atoms with Crippen LogP contribution in [0.5, 0.6) is 0 Å². The number of benzene rings is 2. The fourth-order valence-electron chi connectivity index (χ4n) is 4.35. The first-order valence-corrected chi connectivity index (χ1v) is 11.4. The highest BCUT2D eigenvalue weighted by molar-refractivity contribution is 6.17. The summed E-state index contributed by atoms with van der Waals surface area (Å²) >= 11 is 0. The van der Waals surface area contributed by atoms with Crippen LogP contribution in [0.15, 0.2) is 82.9 Å². The van der Waals surface area contributed by atoms with Gasteiger partial charge in [-0.05, 0) is 41.3 Å². The van der Waals surface area contributed by atoms with E-state index in [1.54, 1.807) is 63.0 Å². The number of anilines is 1. The summed E-state index contributed by atoms with van der Waals surface area (Å²) in [5.41, 5.74) is 3.13. The van der Waals surface area contributed by atoms with Gasteiger partial charge in [0.1, 0.15) is 0 Å². The van der Waals surface area contributed by atoms with Crippen molar-refractivity contribution in [2.45, 2.75) is 26.3 Å². The highest BCUT2D eigenvalue weighted by atomic mass is 16.3. The molecule has 0 radical (unpaired) electrons. The number of nitrogens with zero attached hydrogens (tertiary/aromatic N) is 2. The minimum atomic E-state index is -0.936. The Balaban J connectivity index is 1.86. The van der Waals surface area contributed by atoms with Crippen molar-refractivity contribution in [2.75, 3.05) is 19.0 Å². The zero-order valence-electron chi connectivity index (χ0n) is 20.2. The van der Waals surface area contributed by atoms with Crippen LogP contribution < -0.4 is 4.90 Å². The van der Waals surface area contributed by atoms with E-state index in [0.717, 1.165) is 11.1 Å². The lowest BCUT2D eigenvalue weighted by Crippen LogP contribution is -2.33. The van der Waals surface area contributed by atoms with E-state index in [2.05, 4.69) is 0 Å². The van der Waals surface area contributed by atoms with Gasteiger partial charge in [-0.2, -0.15) is 0 Å². The molecule has 0 aliphatic carbocycles. The van der Waals surface area contributed by atoms with Crippen molar-refractivity contribution in [3.05, 3.63) is 89.6 Å². The van der Waals surface area contributed by atoms with Gasteiger partial charge in [0.2, 0.25) is 0 Å². The maximum absolute atomic E-state index is 13.4. The number of hydrogen-bond donors (Lipinski definition) is 1. The summed E-state index contributed by atoms with van der Waals surface area (Å²) in [6, 6.07) is 15.0. The molecule has 1 N–H and O–H groups in total. The van der Waals surface area contributed by atoms with Gasteiger partial charge < -0.3 is 14.4 Å². The third-order valence-corrected chi connectivity index (χ3v) is 5.99. The minimum Gasteiger partial charge on any atom is -0.503 e. The van der Waals surface area contributed by atoms with Crippen LogP contribution in [0.2, 0.25) is 0 Å². The summed E-state index contributed by atoms with van der Waals surface area (Å²) in [5, 5.41) is 10.9. The zero-order chi connectivity index (χ0) is 25.3. The van der Waals surface area contributed by atoms with Crippen LogP contribution >= 0.6 is 0 Å². The summed E-state index contributed by atoms with van der Waals surface area (Å²) in [6.45, 7) is 3.80. The molecule has 2 amide bonds. The first-order chi connectivity index (χ1) is 16.7. The predicted molar refractivity (Wildman–Crippen MR) is 133 cm³/mol. The molecule has 2 heterocycles. The molecule has 1 unspecified atom stereocenters. The molecule has 7 heteroatoms. The van der Waals surface area contributed by atoms with E-state index < -0.39 is 17.7 Å². The molecule has 0 saturated carbocycles. The van der Waals surface area contributed by atoms with Crippen LogP contribution in [-0.2, 0) is 9.59 Å². The Morgan fingerprint density at radius 3 is 2.31 bits per heavy atom. The van der Waals surface area contributed by atoms with Crippen LogP contribution in [0, 0.1) is 5.92 Å². The van der Waals surface area contributed by atoms with Crippen LogP contribution in [0.25, 0.3) is 11.1 Å². The standard InChI is InChI=1S/C28H28N2O5/c1-17(2)15-23(31)24-25(21-7-5-6-8-22(21)27(33)29(3)4)30(28(34)26(24)32)20-11-9-18(10-12-20)19-13-14-35-16-19/h5-14,16-17,25,32H,15H2,1-4H3. The van der Waals surface area contributed by atoms with E-state index in [0.29, 0.717) is 16.8 Å². The average Bonchev–Trinajstić information content (AvgIpc) is 3.45. The number of aliphatic hydroxyl groups excluding tert-OH is 1. The average molecular weight is 473 g/mol. The van der Waals surface area contributed by atoms with Gasteiger partial charge in [-0.15, -0.1) is 0 Å². The molecule has 180 valence electrons. The van der Waals surface area contributed by atoms with Gasteiger partial charge in [0.15, 0.2) is 11.5 Å². The quantitative estimate of drug-likeness (QED) is 0.513. The highest BCUT2D eigenvalue weighted by Gasteiger charge is 2.45. The summed E-state index contributed by atoms with van der Waals surface area (Å²) in [5.74, 6) is -1.80. The second-order valence-corrected chi connectivity index (χ2v) is 9.21. The third-order valence-electron chi connectivity index (χ3n) is 5.99. The Morgan fingerprint density at radius 1 is 1.03 bits per heavy atom. The Morgan fingerprint density at radius 2 is 1.71 bits per heavy atom. The number of rotatable bonds is 7. The molecule has 3 aromatic rings. The Hall–Kier alpha value is -4.13. The molecule has 35 heavy (non-hydrogen) atoms. The molecule has 1 atom stereocenters. The lowest BCUT2D eigenvalue weighted by Gasteiger charge is -2.29. The molecule has 0 saturated heterocycles. The SMILES string of the molecule is CC(C)CC(=O)C1=C(O)C(=O)N(c2ccc(-c3ccoc3)cc2)C1c1ccccc1C(=O)N(C)C. The highest BCUT2D eigenvalue weighted by Crippen LogP contribution is 2.43. The number of hydrogen-bond acceptors (Lipinski definition) is 5. The van der Waals surface area contributed by atoms with Crippen molar-refractivity contribution in [3.63, 3.8) is 0 Å². The van der Waals surface area contributed by atoms with E-state index in [9.17, 15) is 19.5 Å². The number of Topliss-reactive ketones (excluding diaryl/α,β-unsaturated/α-hetero) is 1. The molecule has 0 fully saturated rings. The summed E-state index contributed by atoms with van der Waals surface area (Å²) in [6.07, 6.45) is 3.37. The van der Waals surface area contributed by atoms with Crippen LogP contribution in [-0.4, -0.2) is 41.7 Å². The number of ketones is 1. The maximum atomic E-state index is 13.4. The minimum absolute atomic E-state index is 0.0154. The lowest BCUT2D eigenvalue weighted by atomic mass is 9.89. The molecule has 1 aromatic heterocycles. The largest absolute Gasteiger partial charge is 0.503 e. The molecular weight excluding hydrogens is 444 g/mol. The van der Waals surface area contributed by atoms with Crippen molar-refractivity contribution in [1.82, 2.24) is 4.90 Å². The van der Waals surface area contributed by atoms with E-state index in [4.69, 9.17) is 4.42 Å². The third kappa shape index (κ3) is 4.49. The molecule has 1 aliphatic rings. The topological polar surface area (TPSA) is 91.1 Å². The molecule has 0 spiro atoms. The first kappa shape index (κ1) is 24.0. The fraction of sp³-hybridized carbons (Fsp3) is 0.250. The monoisotopic (exact) mass is 472 g/mol. The second-order valence-electron chi connectivity index (χ2n) is 9.21. The van der Waals surface area contributed by atoms with Gasteiger partial charge in [0.25, 0.3) is 11.8 Å². The molecule has 0 bridgehead atoms. The van der Waals surface area contributed by atoms with Crippen molar-refractivity contribution >= 4 is 23.3 Å². The molecular formula is C28H28N2O5. The van der Waals surface area contributed by atoms with E-state index in [1.807, 2.05) is 32.0 Å². The summed E-state index contributed by atoms with van der Waals surface area (Å²) in [4.78, 5) is 42.5. The van der Waals surface area contributed by atoms with Crippen molar-refractivity contribution in [2.24, 2.45) is 5.92 Å². The van der Waals surface area contributed by atoms with Gasteiger partial charge in [0.05, 0.1) is 24.1 Å². The van der Waals surface area contributed by atoms with Crippen molar-refractivity contribution < 1.29 is 23.9 Å². The summed E-state index contributed by atoms with van der Waals surface area (Å²) < 4.78 is 5.15. The number of carbonyl (C=O) groups is 3. The number of carbonyl (C=O) groups excluding carboxylic acids is 3. The smallest absolute Gasteiger partial charge is 0.294 e. The Bertz CT molecular complexity index is 1290. The van der Waals surface area contributed by atoms with Gasteiger partial charge in [0, 0.05) is 37.3 Å². The second kappa shape index (κ2) is 9.62. The van der Waals surface area contributed by atoms with Crippen molar-refractivity contribution in [1.29, 1.82) is 0 Å². The Labute approximate surface area is 204 Å². The van der Waals surface area contributed by atoms with Crippen LogP contribution in [0.3, 0.4) is 0 Å². The fourth-order valence-corrected chi connectivity index (χ4v) is 4.35. The Kier molecular flexibility index (Phi) is 6.60. The molecule has 1 aliphatic heterocycles. The molecule has 4 rings (SSSR count). The zero-order valence-corrected chi connectivity index (χ0v) is 20.2. The van der Waals surface area contributed by atoms with Crippen LogP contribution in [0.4, 0.5) is 5.69 Å². The molecule has 7 nitrogen and oxygen atoms in total. The van der Waals surface area contributed by atoms with Gasteiger partial charge in [-0.25, -0.2) is 0 Å². The van der Waals surface area contributed by atoms with E-state index >= 15 is 0 Å². The van der Waals surface area contributed by atoms with E-state index in [1.165, 1.54) is 9.80 Å². The van der Waals surface area contributed by atoms with Crippen LogP contribution in [0.1, 0.15) is 42.2 Å².